The predicted molar refractivity (Wildman–Crippen MR) is 78.3 cm³/mol. The zero-order valence-corrected chi connectivity index (χ0v) is 11.8. The molecule has 108 valence electrons. The van der Waals surface area contributed by atoms with Crippen molar-refractivity contribution in [1.29, 1.82) is 0 Å². The van der Waals surface area contributed by atoms with Gasteiger partial charge in [0.25, 0.3) is 0 Å². The Balaban J connectivity index is 1.91. The number of amides is 1. The number of anilines is 1. The molecule has 0 unspecified atom stereocenters. The van der Waals surface area contributed by atoms with E-state index in [1.807, 2.05) is 24.3 Å². The summed E-state index contributed by atoms with van der Waals surface area (Å²) in [6, 6.07) is 7.66. The fraction of sp³-hybridized carbons (Fsp3) is 0.385. The molecule has 1 aromatic rings. The molecule has 1 aromatic carbocycles. The molecule has 1 heterocycles. The van der Waals surface area contributed by atoms with E-state index in [0.717, 1.165) is 18.8 Å². The molecule has 20 heavy (non-hydrogen) atoms. The molecule has 0 atom stereocenters. The van der Waals surface area contributed by atoms with Crippen molar-refractivity contribution in [3.8, 4) is 0 Å². The van der Waals surface area contributed by atoms with Crippen LogP contribution >= 0.6 is 11.6 Å². The van der Waals surface area contributed by atoms with E-state index in [-0.39, 0.29) is 18.2 Å². The molecule has 0 aromatic heterocycles. The van der Waals surface area contributed by atoms with E-state index in [9.17, 15) is 4.79 Å². The molecule has 1 fully saturated rings. The van der Waals surface area contributed by atoms with Gasteiger partial charge in [0.05, 0.1) is 6.42 Å². The summed E-state index contributed by atoms with van der Waals surface area (Å²) in [6.45, 7) is 2.71. The number of carbonyl (C=O) groups is 1. The summed E-state index contributed by atoms with van der Waals surface area (Å²) in [5.74, 6) is -0.182. The Bertz CT molecular complexity index is 513. The van der Waals surface area contributed by atoms with E-state index in [1.54, 1.807) is 4.90 Å². The molecule has 0 aliphatic carbocycles. The van der Waals surface area contributed by atoms with Crippen LogP contribution in [0.4, 0.5) is 5.69 Å². The van der Waals surface area contributed by atoms with Crippen LogP contribution in [0.15, 0.2) is 29.4 Å². The minimum atomic E-state index is -0.119. The number of halogens is 1. The molecule has 1 saturated heterocycles. The standard InChI is InChI=1S/C13H17ClN4O2/c14-10-2-1-3-11(8-10)17-4-6-18(7-5-17)13(19)9-12(15)16-20/h1-3,8,20H,4-7,9H2,(H2,15,16). The first-order chi connectivity index (χ1) is 9.60. The van der Waals surface area contributed by atoms with Crippen molar-refractivity contribution in [2.75, 3.05) is 31.1 Å². The fourth-order valence-corrected chi connectivity index (χ4v) is 2.37. The highest BCUT2D eigenvalue weighted by Crippen LogP contribution is 2.20. The number of hydrogen-bond donors (Lipinski definition) is 2. The zero-order valence-electron chi connectivity index (χ0n) is 11.0. The topological polar surface area (TPSA) is 82.2 Å². The van der Waals surface area contributed by atoms with Crippen LogP contribution in [0, 0.1) is 0 Å². The van der Waals surface area contributed by atoms with Crippen molar-refractivity contribution in [3.05, 3.63) is 29.3 Å². The number of nitrogens with zero attached hydrogens (tertiary/aromatic N) is 3. The Morgan fingerprint density at radius 2 is 2.05 bits per heavy atom. The Morgan fingerprint density at radius 3 is 2.65 bits per heavy atom. The van der Waals surface area contributed by atoms with Crippen LogP contribution in [0.3, 0.4) is 0 Å². The molecule has 0 spiro atoms. The van der Waals surface area contributed by atoms with Crippen LogP contribution in [0.1, 0.15) is 6.42 Å². The summed E-state index contributed by atoms with van der Waals surface area (Å²) < 4.78 is 0. The summed E-state index contributed by atoms with van der Waals surface area (Å²) in [5, 5.41) is 12.0. The van der Waals surface area contributed by atoms with Gasteiger partial charge in [-0.3, -0.25) is 4.79 Å². The number of carbonyl (C=O) groups excluding carboxylic acids is 1. The zero-order chi connectivity index (χ0) is 14.5. The number of hydrogen-bond acceptors (Lipinski definition) is 4. The van der Waals surface area contributed by atoms with Gasteiger partial charge in [-0.05, 0) is 18.2 Å². The number of piperazine rings is 1. The summed E-state index contributed by atoms with van der Waals surface area (Å²) in [5.41, 5.74) is 6.40. The molecule has 1 amide bonds. The van der Waals surface area contributed by atoms with E-state index >= 15 is 0 Å². The molecular weight excluding hydrogens is 280 g/mol. The van der Waals surface area contributed by atoms with E-state index in [4.69, 9.17) is 22.5 Å². The molecular formula is C13H17ClN4O2. The Kier molecular flexibility index (Phi) is 4.68. The molecule has 0 radical (unpaired) electrons. The molecule has 6 nitrogen and oxygen atoms in total. The monoisotopic (exact) mass is 296 g/mol. The van der Waals surface area contributed by atoms with Gasteiger partial charge in [-0.25, -0.2) is 0 Å². The number of benzene rings is 1. The van der Waals surface area contributed by atoms with Gasteiger partial charge < -0.3 is 20.7 Å². The summed E-state index contributed by atoms with van der Waals surface area (Å²) in [6.07, 6.45) is -0.0480. The molecule has 1 aliphatic rings. The molecule has 0 saturated carbocycles. The van der Waals surface area contributed by atoms with Crippen molar-refractivity contribution in [1.82, 2.24) is 4.90 Å². The van der Waals surface area contributed by atoms with E-state index in [1.165, 1.54) is 0 Å². The molecule has 7 heteroatoms. The van der Waals surface area contributed by atoms with Gasteiger partial charge in [-0.1, -0.05) is 22.8 Å². The summed E-state index contributed by atoms with van der Waals surface area (Å²) in [4.78, 5) is 15.8. The highest BCUT2D eigenvalue weighted by Gasteiger charge is 2.21. The average molecular weight is 297 g/mol. The van der Waals surface area contributed by atoms with Crippen molar-refractivity contribution in [2.24, 2.45) is 10.9 Å². The average Bonchev–Trinajstić information content (AvgIpc) is 2.47. The second-order valence-electron chi connectivity index (χ2n) is 4.62. The van der Waals surface area contributed by atoms with Gasteiger partial charge in [0.15, 0.2) is 0 Å². The van der Waals surface area contributed by atoms with Crippen LogP contribution in [-0.2, 0) is 4.79 Å². The highest BCUT2D eigenvalue weighted by molar-refractivity contribution is 6.30. The Labute approximate surface area is 122 Å². The largest absolute Gasteiger partial charge is 0.409 e. The van der Waals surface area contributed by atoms with Crippen molar-refractivity contribution < 1.29 is 10.0 Å². The lowest BCUT2D eigenvalue weighted by Crippen LogP contribution is -2.49. The van der Waals surface area contributed by atoms with Crippen LogP contribution in [0.5, 0.6) is 0 Å². The van der Waals surface area contributed by atoms with Crippen molar-refractivity contribution in [3.63, 3.8) is 0 Å². The van der Waals surface area contributed by atoms with E-state index < -0.39 is 0 Å². The maximum atomic E-state index is 11.9. The Morgan fingerprint density at radius 1 is 1.35 bits per heavy atom. The first kappa shape index (κ1) is 14.5. The third-order valence-corrected chi connectivity index (χ3v) is 3.50. The summed E-state index contributed by atoms with van der Waals surface area (Å²) in [7, 11) is 0. The minimum Gasteiger partial charge on any atom is -0.409 e. The molecule has 2 rings (SSSR count). The van der Waals surface area contributed by atoms with Crippen molar-refractivity contribution >= 4 is 29.0 Å². The van der Waals surface area contributed by atoms with Crippen LogP contribution in [0.2, 0.25) is 5.02 Å². The molecule has 0 bridgehead atoms. The quantitative estimate of drug-likeness (QED) is 0.379. The maximum Gasteiger partial charge on any atom is 0.230 e. The third-order valence-electron chi connectivity index (χ3n) is 3.27. The van der Waals surface area contributed by atoms with Crippen LogP contribution < -0.4 is 10.6 Å². The van der Waals surface area contributed by atoms with Gasteiger partial charge in [-0.2, -0.15) is 0 Å². The number of amidine groups is 1. The van der Waals surface area contributed by atoms with Crippen LogP contribution in [-0.4, -0.2) is 48.0 Å². The first-order valence-corrected chi connectivity index (χ1v) is 6.72. The normalized spacial score (nSPS) is 16.4. The lowest BCUT2D eigenvalue weighted by molar-refractivity contribution is -0.130. The van der Waals surface area contributed by atoms with Gasteiger partial charge in [0.1, 0.15) is 5.84 Å². The molecule has 3 N–H and O–H groups in total. The first-order valence-electron chi connectivity index (χ1n) is 6.35. The lowest BCUT2D eigenvalue weighted by Gasteiger charge is -2.36. The highest BCUT2D eigenvalue weighted by atomic mass is 35.5. The summed E-state index contributed by atoms with van der Waals surface area (Å²) >= 11 is 5.97. The number of rotatable bonds is 3. The third kappa shape index (κ3) is 3.54. The smallest absolute Gasteiger partial charge is 0.230 e. The van der Waals surface area contributed by atoms with Crippen LogP contribution in [0.25, 0.3) is 0 Å². The van der Waals surface area contributed by atoms with Gasteiger partial charge in [0, 0.05) is 36.9 Å². The maximum absolute atomic E-state index is 11.9. The number of oxime groups is 1. The second-order valence-corrected chi connectivity index (χ2v) is 5.05. The fourth-order valence-electron chi connectivity index (χ4n) is 2.19. The van der Waals surface area contributed by atoms with Gasteiger partial charge in [0.2, 0.25) is 5.91 Å². The second kappa shape index (κ2) is 6.47. The number of nitrogens with two attached hydrogens (primary N) is 1. The van der Waals surface area contributed by atoms with Gasteiger partial charge >= 0.3 is 0 Å². The minimum absolute atomic E-state index is 0.0480. The molecule has 1 aliphatic heterocycles. The SMILES string of the molecule is N/C(CC(=O)N1CCN(c2cccc(Cl)c2)CC1)=N\O. The van der Waals surface area contributed by atoms with E-state index in [2.05, 4.69) is 10.1 Å². The van der Waals surface area contributed by atoms with E-state index in [0.29, 0.717) is 18.1 Å². The lowest BCUT2D eigenvalue weighted by atomic mass is 10.2. The predicted octanol–water partition coefficient (Wildman–Crippen LogP) is 1.13. The van der Waals surface area contributed by atoms with Crippen molar-refractivity contribution in [2.45, 2.75) is 6.42 Å². The van der Waals surface area contributed by atoms with Gasteiger partial charge in [-0.15, -0.1) is 0 Å². The Hall–Kier alpha value is -1.95.